The van der Waals surface area contributed by atoms with E-state index in [2.05, 4.69) is 4.98 Å². The maximum absolute atomic E-state index is 11.7. The number of aromatic nitrogens is 1. The molecule has 74 valence electrons. The number of hydrogen-bond acceptors (Lipinski definition) is 3. The quantitative estimate of drug-likeness (QED) is 0.739. The first-order chi connectivity index (χ1) is 6.77. The molecule has 1 aromatic heterocycles. The van der Waals surface area contributed by atoms with E-state index >= 15 is 0 Å². The Hall–Kier alpha value is -1.38. The highest BCUT2D eigenvalue weighted by Gasteiger charge is 2.22. The molecular formula is C11H14N2O. The Kier molecular flexibility index (Phi) is 2.48. The molecule has 2 rings (SSSR count). The van der Waals surface area contributed by atoms with E-state index in [1.165, 1.54) is 12.8 Å². The van der Waals surface area contributed by atoms with E-state index in [4.69, 9.17) is 5.73 Å². The smallest absolute Gasteiger partial charge is 0.183 e. The van der Waals surface area contributed by atoms with Crippen molar-refractivity contribution in [3.8, 4) is 0 Å². The second-order valence-electron chi connectivity index (χ2n) is 3.85. The van der Waals surface area contributed by atoms with Gasteiger partial charge in [-0.25, -0.2) is 0 Å². The lowest BCUT2D eigenvalue weighted by Crippen LogP contribution is -2.06. The maximum atomic E-state index is 11.7. The zero-order valence-corrected chi connectivity index (χ0v) is 8.07. The summed E-state index contributed by atoms with van der Waals surface area (Å²) >= 11 is 0. The molecule has 1 aliphatic carbocycles. The number of Topliss-reactive ketones (excluding diaryl/α,β-unsaturated/α-hetero) is 1. The Labute approximate surface area is 83.3 Å². The Balaban J connectivity index is 1.98. The number of nitrogen functional groups attached to an aromatic ring is 1. The van der Waals surface area contributed by atoms with Crippen molar-refractivity contribution in [1.29, 1.82) is 0 Å². The second-order valence-corrected chi connectivity index (χ2v) is 3.85. The third-order valence-electron chi connectivity index (χ3n) is 2.58. The van der Waals surface area contributed by atoms with Gasteiger partial charge in [0.15, 0.2) is 5.78 Å². The largest absolute Gasteiger partial charge is 0.397 e. The van der Waals surface area contributed by atoms with Crippen LogP contribution in [-0.2, 0) is 0 Å². The molecule has 1 fully saturated rings. The minimum Gasteiger partial charge on any atom is -0.397 e. The number of hydrogen-bond donors (Lipinski definition) is 1. The van der Waals surface area contributed by atoms with Crippen molar-refractivity contribution in [3.63, 3.8) is 0 Å². The topological polar surface area (TPSA) is 56.0 Å². The van der Waals surface area contributed by atoms with Crippen LogP contribution in [0.3, 0.4) is 0 Å². The SMILES string of the molecule is Nc1cccnc1C(=O)CCC1CC1. The van der Waals surface area contributed by atoms with Gasteiger partial charge in [0.05, 0.1) is 5.69 Å². The molecule has 14 heavy (non-hydrogen) atoms. The van der Waals surface area contributed by atoms with Crippen molar-refractivity contribution >= 4 is 11.5 Å². The molecule has 1 aromatic rings. The molecule has 0 radical (unpaired) electrons. The molecule has 0 aromatic carbocycles. The molecule has 0 bridgehead atoms. The first-order valence-electron chi connectivity index (χ1n) is 5.01. The van der Waals surface area contributed by atoms with Crippen LogP contribution in [0.15, 0.2) is 18.3 Å². The number of pyridine rings is 1. The van der Waals surface area contributed by atoms with Crippen LogP contribution in [-0.4, -0.2) is 10.8 Å². The third-order valence-corrected chi connectivity index (χ3v) is 2.58. The molecule has 1 aliphatic rings. The summed E-state index contributed by atoms with van der Waals surface area (Å²) in [4.78, 5) is 15.7. The van der Waals surface area contributed by atoms with Crippen LogP contribution in [0.1, 0.15) is 36.2 Å². The van der Waals surface area contributed by atoms with Crippen LogP contribution in [0.2, 0.25) is 0 Å². The number of rotatable bonds is 4. The zero-order valence-electron chi connectivity index (χ0n) is 8.07. The molecule has 1 heterocycles. The zero-order chi connectivity index (χ0) is 9.97. The summed E-state index contributed by atoms with van der Waals surface area (Å²) in [5.74, 6) is 0.860. The van der Waals surface area contributed by atoms with Crippen molar-refractivity contribution in [2.75, 3.05) is 5.73 Å². The normalized spacial score (nSPS) is 15.4. The van der Waals surface area contributed by atoms with E-state index in [9.17, 15) is 4.79 Å². The molecule has 0 aliphatic heterocycles. The lowest BCUT2D eigenvalue weighted by Gasteiger charge is -2.02. The summed E-state index contributed by atoms with van der Waals surface area (Å²) in [5, 5.41) is 0. The van der Waals surface area contributed by atoms with Gasteiger partial charge in [0.25, 0.3) is 0 Å². The second kappa shape index (κ2) is 3.78. The molecular weight excluding hydrogens is 176 g/mol. The van der Waals surface area contributed by atoms with E-state index in [1.54, 1.807) is 18.3 Å². The first-order valence-corrected chi connectivity index (χ1v) is 5.01. The summed E-state index contributed by atoms with van der Waals surface area (Å²) in [6, 6.07) is 3.46. The van der Waals surface area contributed by atoms with E-state index in [0.717, 1.165) is 12.3 Å². The molecule has 3 heteroatoms. The Morgan fingerprint density at radius 1 is 1.57 bits per heavy atom. The predicted molar refractivity (Wildman–Crippen MR) is 54.9 cm³/mol. The molecule has 0 unspecified atom stereocenters. The maximum Gasteiger partial charge on any atom is 0.183 e. The van der Waals surface area contributed by atoms with Crippen LogP contribution >= 0.6 is 0 Å². The van der Waals surface area contributed by atoms with Crippen LogP contribution in [0.5, 0.6) is 0 Å². The van der Waals surface area contributed by atoms with Gasteiger partial charge in [0.1, 0.15) is 5.69 Å². The van der Waals surface area contributed by atoms with Crippen LogP contribution in [0, 0.1) is 5.92 Å². The fourth-order valence-electron chi connectivity index (χ4n) is 1.51. The standard InChI is InChI=1S/C11H14N2O/c12-9-2-1-7-13-11(9)10(14)6-5-8-3-4-8/h1-2,7-8H,3-6,12H2. The lowest BCUT2D eigenvalue weighted by atomic mass is 10.1. The highest BCUT2D eigenvalue weighted by molar-refractivity contribution is 5.98. The molecule has 0 amide bonds. The van der Waals surface area contributed by atoms with Gasteiger partial charge in [-0.3, -0.25) is 9.78 Å². The number of anilines is 1. The van der Waals surface area contributed by atoms with E-state index in [1.807, 2.05) is 0 Å². The number of carbonyl (C=O) groups excluding carboxylic acids is 1. The number of carbonyl (C=O) groups is 1. The summed E-state index contributed by atoms with van der Waals surface area (Å²) in [6.45, 7) is 0. The average molecular weight is 190 g/mol. The van der Waals surface area contributed by atoms with Crippen LogP contribution in [0.4, 0.5) is 5.69 Å². The van der Waals surface area contributed by atoms with Gasteiger partial charge >= 0.3 is 0 Å². The summed E-state index contributed by atoms with van der Waals surface area (Å²) < 4.78 is 0. The fraction of sp³-hybridized carbons (Fsp3) is 0.455. The van der Waals surface area contributed by atoms with Gasteiger partial charge in [-0.15, -0.1) is 0 Å². The molecule has 0 saturated heterocycles. The van der Waals surface area contributed by atoms with E-state index in [0.29, 0.717) is 17.8 Å². The van der Waals surface area contributed by atoms with Gasteiger partial charge in [-0.1, -0.05) is 12.8 Å². The molecule has 0 spiro atoms. The Morgan fingerprint density at radius 3 is 3.00 bits per heavy atom. The van der Waals surface area contributed by atoms with E-state index < -0.39 is 0 Å². The highest BCUT2D eigenvalue weighted by atomic mass is 16.1. The van der Waals surface area contributed by atoms with Crippen molar-refractivity contribution in [2.45, 2.75) is 25.7 Å². The average Bonchev–Trinajstić information content (AvgIpc) is 2.98. The van der Waals surface area contributed by atoms with Crippen molar-refractivity contribution in [3.05, 3.63) is 24.0 Å². The van der Waals surface area contributed by atoms with Crippen molar-refractivity contribution < 1.29 is 4.79 Å². The van der Waals surface area contributed by atoms with E-state index in [-0.39, 0.29) is 5.78 Å². The fourth-order valence-corrected chi connectivity index (χ4v) is 1.51. The van der Waals surface area contributed by atoms with Gasteiger partial charge in [-0.2, -0.15) is 0 Å². The summed E-state index contributed by atoms with van der Waals surface area (Å²) in [7, 11) is 0. The van der Waals surface area contributed by atoms with Crippen LogP contribution < -0.4 is 5.73 Å². The number of nitrogens with zero attached hydrogens (tertiary/aromatic N) is 1. The number of ketones is 1. The predicted octanol–water partition coefficient (Wildman–Crippen LogP) is 2.04. The summed E-state index contributed by atoms with van der Waals surface area (Å²) in [6.07, 6.45) is 5.76. The number of nitrogens with two attached hydrogens (primary N) is 1. The molecule has 2 N–H and O–H groups in total. The highest BCUT2D eigenvalue weighted by Crippen LogP contribution is 2.33. The Morgan fingerprint density at radius 2 is 2.36 bits per heavy atom. The van der Waals surface area contributed by atoms with Gasteiger partial charge in [0.2, 0.25) is 0 Å². The third kappa shape index (κ3) is 2.10. The van der Waals surface area contributed by atoms with Gasteiger partial charge in [0, 0.05) is 12.6 Å². The first kappa shape index (κ1) is 9.19. The molecule has 3 nitrogen and oxygen atoms in total. The van der Waals surface area contributed by atoms with Crippen molar-refractivity contribution in [2.24, 2.45) is 5.92 Å². The van der Waals surface area contributed by atoms with Crippen LogP contribution in [0.25, 0.3) is 0 Å². The minimum absolute atomic E-state index is 0.0787. The van der Waals surface area contributed by atoms with Crippen molar-refractivity contribution in [1.82, 2.24) is 4.98 Å². The molecule has 0 atom stereocenters. The molecule has 1 saturated carbocycles. The van der Waals surface area contributed by atoms with Gasteiger partial charge < -0.3 is 5.73 Å². The lowest BCUT2D eigenvalue weighted by molar-refractivity contribution is 0.0974. The van der Waals surface area contributed by atoms with Gasteiger partial charge in [-0.05, 0) is 24.5 Å². The monoisotopic (exact) mass is 190 g/mol. The summed E-state index contributed by atoms with van der Waals surface area (Å²) in [5.41, 5.74) is 6.59. The minimum atomic E-state index is 0.0787. The Bertz CT molecular complexity index is 345.